The van der Waals surface area contributed by atoms with Crippen molar-refractivity contribution in [1.82, 2.24) is 4.90 Å². The molecule has 41 heavy (non-hydrogen) atoms. The van der Waals surface area contributed by atoms with E-state index in [-0.39, 0.29) is 24.2 Å². The molecule has 1 N–H and O–H groups in total. The third-order valence-electron chi connectivity index (χ3n) is 7.37. The molecule has 1 amide bonds. The Morgan fingerprint density at radius 3 is 2.46 bits per heavy atom. The SMILES string of the molecule is C=C/C(=C\C(=NC)C(C)(C)F)CCC(=O)Cc1ccc(NC(=O)C2=CCC=C(OC3CCN(CC)CC3)C=C2)cc1. The van der Waals surface area contributed by atoms with E-state index in [1.165, 1.54) is 13.8 Å². The molecule has 0 aromatic heterocycles. The van der Waals surface area contributed by atoms with Crippen LogP contribution in [0.15, 0.2) is 89.2 Å². The smallest absolute Gasteiger partial charge is 0.255 e. The number of rotatable bonds is 13. The van der Waals surface area contributed by atoms with E-state index in [1.807, 2.05) is 30.4 Å². The van der Waals surface area contributed by atoms with E-state index in [0.29, 0.717) is 36.2 Å². The van der Waals surface area contributed by atoms with Crippen LogP contribution in [0.1, 0.15) is 58.4 Å². The predicted molar refractivity (Wildman–Crippen MR) is 166 cm³/mol. The first-order chi connectivity index (χ1) is 19.6. The first-order valence-corrected chi connectivity index (χ1v) is 14.5. The number of alkyl halides is 1. The van der Waals surface area contributed by atoms with E-state index in [1.54, 1.807) is 37.4 Å². The molecule has 1 aromatic carbocycles. The maximum atomic E-state index is 14.3. The van der Waals surface area contributed by atoms with Gasteiger partial charge in [0, 0.05) is 44.2 Å². The number of allylic oxidation sites excluding steroid dienone is 6. The molecule has 1 aromatic rings. The molecule has 1 heterocycles. The standard InChI is InChI=1S/C34H44FN3O3/c1-6-25(24-32(36-5)34(3,4)35)13-17-29(39)23-26-11-15-28(16-12-26)37-33(40)27-9-8-10-30(18-14-27)41-31-19-21-38(7-2)22-20-31/h6,9-12,14-16,18,24,31H,1,7-8,13,17,19-23H2,2-5H3,(H,37,40)/b25-24+,36-32?. The predicted octanol–water partition coefficient (Wildman–Crippen LogP) is 6.72. The van der Waals surface area contributed by atoms with E-state index < -0.39 is 5.67 Å². The van der Waals surface area contributed by atoms with E-state index in [4.69, 9.17) is 4.74 Å². The molecule has 0 saturated carbocycles. The highest BCUT2D eigenvalue weighted by molar-refractivity contribution is 6.06. The molecule has 0 bridgehead atoms. The molecule has 1 saturated heterocycles. The van der Waals surface area contributed by atoms with Gasteiger partial charge in [0.15, 0.2) is 0 Å². The largest absolute Gasteiger partial charge is 0.491 e. The summed E-state index contributed by atoms with van der Waals surface area (Å²) in [6.07, 6.45) is 14.8. The number of ether oxygens (including phenoxy) is 1. The molecule has 3 rings (SSSR count). The summed E-state index contributed by atoms with van der Waals surface area (Å²) in [6, 6.07) is 7.30. The minimum atomic E-state index is -1.56. The van der Waals surface area contributed by atoms with Gasteiger partial charge in [0.05, 0.1) is 5.71 Å². The lowest BCUT2D eigenvalue weighted by molar-refractivity contribution is -0.118. The molecular formula is C34H44FN3O3. The van der Waals surface area contributed by atoms with Crippen molar-refractivity contribution in [3.8, 4) is 0 Å². The maximum absolute atomic E-state index is 14.3. The van der Waals surface area contributed by atoms with Crippen LogP contribution in [0.5, 0.6) is 0 Å². The van der Waals surface area contributed by atoms with Crippen molar-refractivity contribution in [2.45, 2.75) is 71.1 Å². The maximum Gasteiger partial charge on any atom is 0.255 e. The highest BCUT2D eigenvalue weighted by Crippen LogP contribution is 2.21. The fourth-order valence-electron chi connectivity index (χ4n) is 4.82. The first kappa shape index (κ1) is 31.9. The number of ketones is 1. The van der Waals surface area contributed by atoms with Crippen LogP contribution >= 0.6 is 0 Å². The van der Waals surface area contributed by atoms with Gasteiger partial charge in [-0.3, -0.25) is 14.6 Å². The normalized spacial score (nSPS) is 17.4. The molecule has 1 fully saturated rings. The number of amides is 1. The molecule has 1 aliphatic carbocycles. The Kier molecular flexibility index (Phi) is 12.0. The van der Waals surface area contributed by atoms with Gasteiger partial charge in [-0.2, -0.15) is 0 Å². The van der Waals surface area contributed by atoms with Crippen molar-refractivity contribution in [1.29, 1.82) is 0 Å². The van der Waals surface area contributed by atoms with Crippen molar-refractivity contribution in [3.63, 3.8) is 0 Å². The zero-order valence-electron chi connectivity index (χ0n) is 24.9. The number of nitrogens with one attached hydrogen (secondary N) is 1. The Hall–Kier alpha value is -3.58. The number of hydrogen-bond donors (Lipinski definition) is 1. The zero-order valence-corrected chi connectivity index (χ0v) is 24.9. The highest BCUT2D eigenvalue weighted by atomic mass is 19.1. The van der Waals surface area contributed by atoms with Gasteiger partial charge in [-0.1, -0.05) is 37.8 Å². The second-order valence-electron chi connectivity index (χ2n) is 11.0. The Balaban J connectivity index is 1.47. The molecule has 2 aliphatic rings. The Bertz CT molecular complexity index is 1220. The summed E-state index contributed by atoms with van der Waals surface area (Å²) >= 11 is 0. The summed E-state index contributed by atoms with van der Waals surface area (Å²) < 4.78 is 20.5. The molecule has 1 aliphatic heterocycles. The lowest BCUT2D eigenvalue weighted by atomic mass is 9.98. The molecule has 0 spiro atoms. The minimum Gasteiger partial charge on any atom is -0.491 e. The van der Waals surface area contributed by atoms with E-state index in [0.717, 1.165) is 49.4 Å². The highest BCUT2D eigenvalue weighted by Gasteiger charge is 2.22. The molecule has 0 atom stereocenters. The van der Waals surface area contributed by atoms with Crippen molar-refractivity contribution in [2.75, 3.05) is 32.0 Å². The molecule has 0 unspecified atom stereocenters. The number of nitrogens with zero attached hydrogens (tertiary/aromatic N) is 2. The number of benzene rings is 1. The molecule has 7 heteroatoms. The number of aliphatic imine (C=N–C) groups is 1. The van der Waals surface area contributed by atoms with Gasteiger partial charge in [-0.15, -0.1) is 0 Å². The summed E-state index contributed by atoms with van der Waals surface area (Å²) in [5.74, 6) is 0.694. The average Bonchev–Trinajstić information content (AvgIpc) is 3.19. The fraction of sp³-hybridized carbons (Fsp3) is 0.441. The molecular weight excluding hydrogens is 517 g/mol. The molecule has 220 valence electrons. The summed E-state index contributed by atoms with van der Waals surface area (Å²) in [7, 11) is 1.55. The van der Waals surface area contributed by atoms with Gasteiger partial charge < -0.3 is 15.0 Å². The quantitative estimate of drug-likeness (QED) is 0.214. The number of carbonyl (C=O) groups is 2. The van der Waals surface area contributed by atoms with Crippen molar-refractivity contribution < 1.29 is 18.7 Å². The average molecular weight is 562 g/mol. The topological polar surface area (TPSA) is 71.0 Å². The fourth-order valence-corrected chi connectivity index (χ4v) is 4.82. The van der Waals surface area contributed by atoms with Crippen LogP contribution in [0.2, 0.25) is 0 Å². The van der Waals surface area contributed by atoms with Gasteiger partial charge in [-0.05, 0) is 93.6 Å². The van der Waals surface area contributed by atoms with Crippen LogP contribution in [0.4, 0.5) is 10.1 Å². The lowest BCUT2D eigenvalue weighted by Gasteiger charge is -2.31. The van der Waals surface area contributed by atoms with Crippen LogP contribution in [0, 0.1) is 0 Å². The number of Topliss-reactive ketones (excluding diaryl/α,β-unsaturated/α-hetero) is 1. The van der Waals surface area contributed by atoms with Gasteiger partial charge in [0.2, 0.25) is 0 Å². The molecule has 0 radical (unpaired) electrons. The first-order valence-electron chi connectivity index (χ1n) is 14.5. The summed E-state index contributed by atoms with van der Waals surface area (Å²) in [4.78, 5) is 31.9. The van der Waals surface area contributed by atoms with Crippen LogP contribution in [0.25, 0.3) is 0 Å². The third kappa shape index (κ3) is 10.4. The number of anilines is 1. The Morgan fingerprint density at radius 2 is 1.85 bits per heavy atom. The Labute approximate surface area is 244 Å². The number of likely N-dealkylation sites (tertiary alicyclic amines) is 1. The van der Waals surface area contributed by atoms with Gasteiger partial charge in [-0.25, -0.2) is 4.39 Å². The number of hydrogen-bond acceptors (Lipinski definition) is 5. The van der Waals surface area contributed by atoms with Crippen LogP contribution in [0.3, 0.4) is 0 Å². The van der Waals surface area contributed by atoms with Gasteiger partial charge in [0.1, 0.15) is 23.3 Å². The summed E-state index contributed by atoms with van der Waals surface area (Å²) in [5, 5.41) is 2.94. The van der Waals surface area contributed by atoms with E-state index >= 15 is 0 Å². The minimum absolute atomic E-state index is 0.0687. The van der Waals surface area contributed by atoms with Gasteiger partial charge in [0.25, 0.3) is 5.91 Å². The van der Waals surface area contributed by atoms with Crippen LogP contribution in [-0.2, 0) is 20.7 Å². The summed E-state index contributed by atoms with van der Waals surface area (Å²) in [6.45, 7) is 12.1. The molecule has 6 nitrogen and oxygen atoms in total. The zero-order chi connectivity index (χ0) is 29.8. The van der Waals surface area contributed by atoms with Crippen LogP contribution < -0.4 is 5.32 Å². The Morgan fingerprint density at radius 1 is 1.15 bits per heavy atom. The number of piperidine rings is 1. The van der Waals surface area contributed by atoms with Crippen molar-refractivity contribution in [2.24, 2.45) is 4.99 Å². The monoisotopic (exact) mass is 561 g/mol. The van der Waals surface area contributed by atoms with Crippen molar-refractivity contribution in [3.05, 3.63) is 89.8 Å². The number of halogens is 1. The van der Waals surface area contributed by atoms with E-state index in [2.05, 4.69) is 28.7 Å². The van der Waals surface area contributed by atoms with Gasteiger partial charge >= 0.3 is 0 Å². The van der Waals surface area contributed by atoms with Crippen molar-refractivity contribution >= 4 is 23.1 Å². The van der Waals surface area contributed by atoms with Crippen LogP contribution in [-0.4, -0.2) is 60.8 Å². The lowest BCUT2D eigenvalue weighted by Crippen LogP contribution is -2.36. The third-order valence-corrected chi connectivity index (χ3v) is 7.37. The number of carbonyl (C=O) groups excluding carboxylic acids is 2. The summed E-state index contributed by atoms with van der Waals surface area (Å²) in [5.41, 5.74) is 1.64. The second kappa shape index (κ2) is 15.4. The second-order valence-corrected chi connectivity index (χ2v) is 11.0. The van der Waals surface area contributed by atoms with E-state index in [9.17, 15) is 14.0 Å².